The van der Waals surface area contributed by atoms with Crippen LogP contribution in [0.3, 0.4) is 0 Å². The predicted octanol–water partition coefficient (Wildman–Crippen LogP) is 5.14. The zero-order valence-electron chi connectivity index (χ0n) is 21.5. The second-order valence-electron chi connectivity index (χ2n) is 9.24. The number of carbonyl (C=O) groups is 2. The molecule has 0 aromatic heterocycles. The number of benzene rings is 3. The fourth-order valence-electron chi connectivity index (χ4n) is 4.02. The highest BCUT2D eigenvalue weighted by Gasteiger charge is 2.33. The lowest BCUT2D eigenvalue weighted by Gasteiger charge is -2.34. The van der Waals surface area contributed by atoms with Crippen molar-refractivity contribution in [3.8, 4) is 0 Å². The maximum atomic E-state index is 14.0. The molecule has 7 nitrogen and oxygen atoms in total. The van der Waals surface area contributed by atoms with E-state index in [9.17, 15) is 18.0 Å². The summed E-state index contributed by atoms with van der Waals surface area (Å²) in [6.45, 7) is 3.37. The van der Waals surface area contributed by atoms with Crippen molar-refractivity contribution in [2.24, 2.45) is 0 Å². The molecule has 0 unspecified atom stereocenters. The van der Waals surface area contributed by atoms with Crippen LogP contribution >= 0.6 is 31.9 Å². The highest BCUT2D eigenvalue weighted by molar-refractivity contribution is 9.10. The van der Waals surface area contributed by atoms with Gasteiger partial charge in [0.25, 0.3) is 0 Å². The van der Waals surface area contributed by atoms with Gasteiger partial charge in [0.2, 0.25) is 21.8 Å². The molecule has 0 saturated carbocycles. The molecule has 0 radical (unpaired) electrons. The summed E-state index contributed by atoms with van der Waals surface area (Å²) in [7, 11) is -3.82. The Morgan fingerprint density at radius 3 is 2.13 bits per heavy atom. The van der Waals surface area contributed by atoms with Crippen LogP contribution in [0, 0.1) is 0 Å². The second-order valence-corrected chi connectivity index (χ2v) is 12.9. The Morgan fingerprint density at radius 1 is 0.895 bits per heavy atom. The number of para-hydroxylation sites is 1. The lowest BCUT2D eigenvalue weighted by Crippen LogP contribution is -2.54. The molecule has 1 N–H and O–H groups in total. The van der Waals surface area contributed by atoms with Gasteiger partial charge in [0, 0.05) is 28.0 Å². The largest absolute Gasteiger partial charge is 0.352 e. The summed E-state index contributed by atoms with van der Waals surface area (Å²) in [5.41, 5.74) is 2.03. The first kappa shape index (κ1) is 29.9. The average Bonchev–Trinajstić information content (AvgIpc) is 2.84. The van der Waals surface area contributed by atoms with Gasteiger partial charge in [-0.3, -0.25) is 13.9 Å². The van der Waals surface area contributed by atoms with Crippen molar-refractivity contribution in [2.45, 2.75) is 38.9 Å². The molecule has 3 rings (SSSR count). The number of halogens is 2. The van der Waals surface area contributed by atoms with Crippen LogP contribution in [0.25, 0.3) is 0 Å². The van der Waals surface area contributed by atoms with E-state index in [0.717, 1.165) is 26.2 Å². The van der Waals surface area contributed by atoms with Gasteiger partial charge in [0.05, 0.1) is 11.9 Å². The summed E-state index contributed by atoms with van der Waals surface area (Å²) in [5.74, 6) is -0.801. The molecule has 0 saturated heterocycles. The molecule has 202 valence electrons. The van der Waals surface area contributed by atoms with E-state index in [4.69, 9.17) is 0 Å². The Labute approximate surface area is 241 Å². The molecule has 10 heteroatoms. The van der Waals surface area contributed by atoms with Crippen LogP contribution in [0.4, 0.5) is 5.69 Å². The van der Waals surface area contributed by atoms with E-state index in [1.165, 1.54) is 4.90 Å². The Balaban J connectivity index is 2.07. The minimum atomic E-state index is -3.82. The Morgan fingerprint density at radius 2 is 1.53 bits per heavy atom. The maximum Gasteiger partial charge on any atom is 0.244 e. The minimum Gasteiger partial charge on any atom is -0.352 e. The first-order chi connectivity index (χ1) is 18.0. The standard InChI is InChI=1S/C28H31Br2N3O4S/c1-20(2)31-28(35)26(17-21-10-5-4-6-11-21)32(18-22-12-9-13-23(29)16-22)27(34)19-33(38(3,36)37)25-15-8-7-14-24(25)30/h4-16,20,26H,17-19H2,1-3H3,(H,31,35)/t26-/m0/s1. The number of hydrogen-bond acceptors (Lipinski definition) is 4. The highest BCUT2D eigenvalue weighted by Crippen LogP contribution is 2.28. The van der Waals surface area contributed by atoms with Crippen LogP contribution in [-0.2, 0) is 32.6 Å². The minimum absolute atomic E-state index is 0.120. The molecule has 0 fully saturated rings. The van der Waals surface area contributed by atoms with Crippen molar-refractivity contribution < 1.29 is 18.0 Å². The van der Waals surface area contributed by atoms with E-state index in [1.54, 1.807) is 24.3 Å². The topological polar surface area (TPSA) is 86.8 Å². The maximum absolute atomic E-state index is 14.0. The van der Waals surface area contributed by atoms with E-state index >= 15 is 0 Å². The molecule has 0 bridgehead atoms. The number of sulfonamides is 1. The molecule has 3 aromatic carbocycles. The van der Waals surface area contributed by atoms with Gasteiger partial charge < -0.3 is 10.2 Å². The van der Waals surface area contributed by atoms with Crippen LogP contribution in [0.1, 0.15) is 25.0 Å². The molecule has 38 heavy (non-hydrogen) atoms. The molecule has 0 aliphatic carbocycles. The lowest BCUT2D eigenvalue weighted by atomic mass is 10.0. The molecule has 0 aliphatic rings. The van der Waals surface area contributed by atoms with E-state index < -0.39 is 28.5 Å². The summed E-state index contributed by atoms with van der Waals surface area (Å²) in [4.78, 5) is 29.0. The lowest BCUT2D eigenvalue weighted by molar-refractivity contribution is -0.140. The Kier molecular flexibility index (Phi) is 10.5. The second kappa shape index (κ2) is 13.4. The zero-order chi connectivity index (χ0) is 27.9. The average molecular weight is 665 g/mol. The third-order valence-corrected chi connectivity index (χ3v) is 8.03. The monoisotopic (exact) mass is 663 g/mol. The van der Waals surface area contributed by atoms with Crippen LogP contribution in [0.15, 0.2) is 87.8 Å². The molecule has 2 amide bonds. The number of nitrogens with one attached hydrogen (secondary N) is 1. The summed E-state index contributed by atoms with van der Waals surface area (Å²) < 4.78 is 28.1. The predicted molar refractivity (Wildman–Crippen MR) is 158 cm³/mol. The molecule has 3 aromatic rings. The smallest absolute Gasteiger partial charge is 0.244 e. The van der Waals surface area contributed by atoms with Gasteiger partial charge in [-0.2, -0.15) is 0 Å². The summed E-state index contributed by atoms with van der Waals surface area (Å²) in [6.07, 6.45) is 1.33. The van der Waals surface area contributed by atoms with Gasteiger partial charge in [0.1, 0.15) is 12.6 Å². The summed E-state index contributed by atoms with van der Waals surface area (Å²) in [5, 5.41) is 2.94. The molecular formula is C28H31Br2N3O4S. The van der Waals surface area contributed by atoms with E-state index in [-0.39, 0.29) is 24.9 Å². The third-order valence-electron chi connectivity index (χ3n) is 5.74. The molecule has 0 heterocycles. The van der Waals surface area contributed by atoms with Gasteiger partial charge in [-0.15, -0.1) is 0 Å². The SMILES string of the molecule is CC(C)NC(=O)[C@H](Cc1ccccc1)N(Cc1cccc(Br)c1)C(=O)CN(c1ccccc1Br)S(C)(=O)=O. The first-order valence-electron chi connectivity index (χ1n) is 12.1. The van der Waals surface area contributed by atoms with E-state index in [1.807, 2.05) is 68.4 Å². The highest BCUT2D eigenvalue weighted by atomic mass is 79.9. The number of rotatable bonds is 11. The van der Waals surface area contributed by atoms with Crippen LogP contribution in [-0.4, -0.2) is 50.0 Å². The number of amides is 2. The van der Waals surface area contributed by atoms with Crippen molar-refractivity contribution in [3.63, 3.8) is 0 Å². The van der Waals surface area contributed by atoms with Gasteiger partial charge in [-0.05, 0) is 65.2 Å². The number of anilines is 1. The van der Waals surface area contributed by atoms with Gasteiger partial charge >= 0.3 is 0 Å². The summed E-state index contributed by atoms with van der Waals surface area (Å²) >= 11 is 6.87. The zero-order valence-corrected chi connectivity index (χ0v) is 25.5. The van der Waals surface area contributed by atoms with Gasteiger partial charge in [0.15, 0.2) is 0 Å². The van der Waals surface area contributed by atoms with Crippen molar-refractivity contribution in [3.05, 3.63) is 98.9 Å². The van der Waals surface area contributed by atoms with Gasteiger partial charge in [-0.1, -0.05) is 70.5 Å². The molecule has 1 atom stereocenters. The molecule has 0 aliphatic heterocycles. The quantitative estimate of drug-likeness (QED) is 0.308. The van der Waals surface area contributed by atoms with E-state index in [0.29, 0.717) is 10.2 Å². The normalized spacial score (nSPS) is 12.2. The van der Waals surface area contributed by atoms with Gasteiger partial charge in [-0.25, -0.2) is 8.42 Å². The van der Waals surface area contributed by atoms with Crippen molar-refractivity contribution in [2.75, 3.05) is 17.1 Å². The van der Waals surface area contributed by atoms with Crippen LogP contribution in [0.5, 0.6) is 0 Å². The third kappa shape index (κ3) is 8.41. The van der Waals surface area contributed by atoms with E-state index in [2.05, 4.69) is 37.2 Å². The summed E-state index contributed by atoms with van der Waals surface area (Å²) in [6, 6.07) is 22.7. The van der Waals surface area contributed by atoms with Crippen molar-refractivity contribution in [1.82, 2.24) is 10.2 Å². The molecule has 0 spiro atoms. The Bertz CT molecular complexity index is 1370. The first-order valence-corrected chi connectivity index (χ1v) is 15.5. The number of carbonyl (C=O) groups excluding carboxylic acids is 2. The van der Waals surface area contributed by atoms with Crippen molar-refractivity contribution >= 4 is 59.4 Å². The Hall–Kier alpha value is -2.69. The van der Waals surface area contributed by atoms with Crippen LogP contribution in [0.2, 0.25) is 0 Å². The molecular weight excluding hydrogens is 634 g/mol. The number of nitrogens with zero attached hydrogens (tertiary/aromatic N) is 2. The fourth-order valence-corrected chi connectivity index (χ4v) is 5.94. The fraction of sp³-hybridized carbons (Fsp3) is 0.286. The number of hydrogen-bond donors (Lipinski definition) is 1. The van der Waals surface area contributed by atoms with Crippen LogP contribution < -0.4 is 9.62 Å². The van der Waals surface area contributed by atoms with Crippen molar-refractivity contribution in [1.29, 1.82) is 0 Å².